The summed E-state index contributed by atoms with van der Waals surface area (Å²) in [5.74, 6) is -4.48. The summed E-state index contributed by atoms with van der Waals surface area (Å²) in [5, 5.41) is 17.6. The smallest absolute Gasteiger partial charge is 0.244 e. The molecule has 7 amide bonds. The second kappa shape index (κ2) is 25.7. The minimum absolute atomic E-state index is 0.00400. The molecule has 2 heterocycles. The summed E-state index contributed by atoms with van der Waals surface area (Å²) in [7, 11) is 0. The molecule has 4 aromatic rings. The minimum Gasteiger partial charge on any atom is -0.370 e. The van der Waals surface area contributed by atoms with Crippen LogP contribution in [0.2, 0.25) is 0 Å². The molecule has 0 radical (unpaired) electrons. The molecule has 350 valence electrons. The number of H-pyrrole nitrogens is 1. The first-order valence-electron chi connectivity index (χ1n) is 22.3. The Bertz CT molecular complexity index is 2330. The Morgan fingerprint density at radius 3 is 1.97 bits per heavy atom. The normalized spacial score (nSPS) is 22.0. The second-order valence-corrected chi connectivity index (χ2v) is 16.3. The lowest BCUT2D eigenvalue weighted by molar-refractivity contribution is -0.134. The molecule has 66 heavy (non-hydrogen) atoms. The molecule has 5 rings (SSSR count). The summed E-state index contributed by atoms with van der Waals surface area (Å²) in [4.78, 5) is 102. The van der Waals surface area contributed by atoms with E-state index in [-0.39, 0.29) is 70.0 Å². The highest BCUT2D eigenvalue weighted by molar-refractivity contribution is 5.97. The number of benzene rings is 3. The SMILES string of the molecule is NC(=O)[C@@H]1CCCCNC(=O)/C=C\C(=O)NCC[C@@H](c2ccccc2)CCC(=O)N[C@H](Cc2ccccc2)C(=O)N[C@@H](CCCN=C(N)N)C(=O)N[C@@H](Cc2c[nH]c3ccccc23)C(=O)N1. The van der Waals surface area contributed by atoms with Gasteiger partial charge in [0.25, 0.3) is 0 Å². The Labute approximate surface area is 383 Å². The van der Waals surface area contributed by atoms with Crippen LogP contribution in [0, 0.1) is 0 Å². The number of hydrogen-bond donors (Lipinski definition) is 10. The van der Waals surface area contributed by atoms with E-state index >= 15 is 0 Å². The predicted molar refractivity (Wildman–Crippen MR) is 251 cm³/mol. The number of carbonyl (C=O) groups excluding carboxylic acids is 7. The first kappa shape index (κ1) is 49.5. The molecule has 0 saturated carbocycles. The van der Waals surface area contributed by atoms with Gasteiger partial charge in [0.15, 0.2) is 5.96 Å². The van der Waals surface area contributed by atoms with E-state index < -0.39 is 65.5 Å². The Morgan fingerprint density at radius 1 is 0.636 bits per heavy atom. The van der Waals surface area contributed by atoms with Gasteiger partial charge in [0.05, 0.1) is 0 Å². The number of nitrogens with zero attached hydrogens (tertiary/aromatic N) is 1. The van der Waals surface area contributed by atoms with Gasteiger partial charge in [-0.05, 0) is 73.6 Å². The zero-order valence-corrected chi connectivity index (χ0v) is 36.9. The molecule has 18 heteroatoms. The van der Waals surface area contributed by atoms with Crippen molar-refractivity contribution in [3.05, 3.63) is 120 Å². The lowest BCUT2D eigenvalue weighted by atomic mass is 9.91. The minimum atomic E-state index is -1.25. The average molecular weight is 904 g/mol. The van der Waals surface area contributed by atoms with Crippen molar-refractivity contribution in [3.63, 3.8) is 0 Å². The number of rotatable bonds is 10. The van der Waals surface area contributed by atoms with E-state index in [0.717, 1.165) is 34.2 Å². The molecular weight excluding hydrogens is 843 g/mol. The van der Waals surface area contributed by atoms with Crippen LogP contribution in [-0.4, -0.2) is 96.1 Å². The van der Waals surface area contributed by atoms with Gasteiger partial charge in [0.2, 0.25) is 41.4 Å². The van der Waals surface area contributed by atoms with E-state index in [9.17, 15) is 33.6 Å². The lowest BCUT2D eigenvalue weighted by Gasteiger charge is -2.26. The van der Waals surface area contributed by atoms with Gasteiger partial charge in [0, 0.05) is 68.1 Å². The Hall–Kier alpha value is -7.50. The molecule has 0 bridgehead atoms. The number of guanidine groups is 1. The van der Waals surface area contributed by atoms with Gasteiger partial charge in [0.1, 0.15) is 24.2 Å². The van der Waals surface area contributed by atoms with Gasteiger partial charge >= 0.3 is 0 Å². The summed E-state index contributed by atoms with van der Waals surface area (Å²) in [6, 6.07) is 21.4. The van der Waals surface area contributed by atoms with Gasteiger partial charge < -0.3 is 54.1 Å². The maximum Gasteiger partial charge on any atom is 0.244 e. The number of hydrogen-bond acceptors (Lipinski definition) is 8. The summed E-state index contributed by atoms with van der Waals surface area (Å²) >= 11 is 0. The highest BCUT2D eigenvalue weighted by atomic mass is 16.2. The number of primary amides is 1. The highest BCUT2D eigenvalue weighted by Gasteiger charge is 2.32. The van der Waals surface area contributed by atoms with Gasteiger partial charge in [-0.15, -0.1) is 0 Å². The van der Waals surface area contributed by atoms with Crippen LogP contribution < -0.4 is 49.1 Å². The largest absolute Gasteiger partial charge is 0.370 e. The first-order chi connectivity index (χ1) is 31.9. The number of para-hydroxylation sites is 1. The fourth-order valence-corrected chi connectivity index (χ4v) is 7.76. The van der Waals surface area contributed by atoms with Crippen LogP contribution in [0.5, 0.6) is 0 Å². The molecule has 0 aliphatic carbocycles. The van der Waals surface area contributed by atoms with Crippen molar-refractivity contribution in [1.82, 2.24) is 36.9 Å². The molecular formula is C48H61N11O7. The van der Waals surface area contributed by atoms with Crippen molar-refractivity contribution in [3.8, 4) is 0 Å². The van der Waals surface area contributed by atoms with E-state index in [4.69, 9.17) is 17.2 Å². The highest BCUT2D eigenvalue weighted by Crippen LogP contribution is 2.25. The predicted octanol–water partition coefficient (Wildman–Crippen LogP) is 1.36. The van der Waals surface area contributed by atoms with Crippen molar-refractivity contribution in [1.29, 1.82) is 0 Å². The van der Waals surface area contributed by atoms with Gasteiger partial charge in [-0.3, -0.25) is 38.6 Å². The van der Waals surface area contributed by atoms with Crippen LogP contribution in [0.15, 0.2) is 108 Å². The van der Waals surface area contributed by atoms with Crippen LogP contribution in [0.4, 0.5) is 0 Å². The van der Waals surface area contributed by atoms with Crippen molar-refractivity contribution >= 4 is 58.2 Å². The third-order valence-corrected chi connectivity index (χ3v) is 11.3. The molecule has 0 unspecified atom stereocenters. The molecule has 1 aliphatic rings. The first-order valence-corrected chi connectivity index (χ1v) is 22.3. The topological polar surface area (TPSA) is 298 Å². The number of amides is 7. The van der Waals surface area contributed by atoms with E-state index in [1.807, 2.05) is 84.9 Å². The summed E-state index contributed by atoms with van der Waals surface area (Å²) in [6.07, 6.45) is 6.24. The molecule has 0 fully saturated rings. The molecule has 0 saturated heterocycles. The zero-order chi connectivity index (χ0) is 47.3. The molecule has 13 N–H and O–H groups in total. The second-order valence-electron chi connectivity index (χ2n) is 16.3. The fraction of sp³-hybridized carbons (Fsp3) is 0.375. The summed E-state index contributed by atoms with van der Waals surface area (Å²) < 4.78 is 0. The Morgan fingerprint density at radius 2 is 1.26 bits per heavy atom. The summed E-state index contributed by atoms with van der Waals surface area (Å²) in [5.41, 5.74) is 20.1. The molecule has 3 aromatic carbocycles. The number of aromatic amines is 1. The molecule has 1 aliphatic heterocycles. The number of nitrogens with two attached hydrogens (primary N) is 3. The number of aliphatic imine (C=N–C) groups is 1. The zero-order valence-electron chi connectivity index (χ0n) is 36.9. The molecule has 0 spiro atoms. The van der Waals surface area contributed by atoms with E-state index in [2.05, 4.69) is 41.9 Å². The molecule has 5 atom stereocenters. The van der Waals surface area contributed by atoms with Crippen molar-refractivity contribution < 1.29 is 33.6 Å². The van der Waals surface area contributed by atoms with E-state index in [1.165, 1.54) is 0 Å². The van der Waals surface area contributed by atoms with Gasteiger partial charge in [-0.25, -0.2) is 0 Å². The Balaban J connectivity index is 1.46. The molecule has 1 aromatic heterocycles. The van der Waals surface area contributed by atoms with E-state index in [0.29, 0.717) is 31.2 Å². The van der Waals surface area contributed by atoms with Gasteiger partial charge in [-0.2, -0.15) is 0 Å². The third kappa shape index (κ3) is 16.2. The maximum absolute atomic E-state index is 14.4. The molecule has 18 nitrogen and oxygen atoms in total. The van der Waals surface area contributed by atoms with Crippen molar-refractivity contribution in [2.45, 2.75) is 94.3 Å². The van der Waals surface area contributed by atoms with Crippen LogP contribution in [-0.2, 0) is 46.4 Å². The Kier molecular flexibility index (Phi) is 19.3. The quantitative estimate of drug-likeness (QED) is 0.0624. The van der Waals surface area contributed by atoms with Gasteiger partial charge in [-0.1, -0.05) is 78.9 Å². The third-order valence-electron chi connectivity index (χ3n) is 11.3. The monoisotopic (exact) mass is 903 g/mol. The van der Waals surface area contributed by atoms with Crippen LogP contribution >= 0.6 is 0 Å². The number of carbonyl (C=O) groups is 7. The maximum atomic E-state index is 14.4. The van der Waals surface area contributed by atoms with Crippen LogP contribution in [0.1, 0.15) is 74.0 Å². The number of fused-ring (bicyclic) bond motifs is 1. The van der Waals surface area contributed by atoms with Crippen molar-refractivity contribution in [2.75, 3.05) is 19.6 Å². The summed E-state index contributed by atoms with van der Waals surface area (Å²) in [6.45, 7) is 0.619. The van der Waals surface area contributed by atoms with E-state index in [1.54, 1.807) is 6.20 Å². The van der Waals surface area contributed by atoms with Crippen molar-refractivity contribution in [2.24, 2.45) is 22.2 Å². The number of nitrogens with one attached hydrogen (secondary N) is 7. The number of aromatic nitrogens is 1. The average Bonchev–Trinajstić information content (AvgIpc) is 3.71. The van der Waals surface area contributed by atoms with Crippen LogP contribution in [0.25, 0.3) is 10.9 Å². The lowest BCUT2D eigenvalue weighted by Crippen LogP contribution is -2.58. The van der Waals surface area contributed by atoms with Crippen LogP contribution in [0.3, 0.4) is 0 Å². The standard InChI is InChI=1S/C48H61N11O7/c49-44(63)37-18-9-10-25-52-41(60)22-23-42(61)53-27-24-33(32-14-5-2-6-15-32)20-21-43(62)56-39(28-31-12-3-1-4-13-31)46(65)58-38(19-11-26-54-48(50)51)45(64)59-40(47(66)57-37)29-34-30-55-36-17-8-7-16-35(34)36/h1-8,12-17,22-23,30,33,37-40,55H,9-11,18-21,24-29H2,(H2,49,63)(H,52,60)(H,53,61)(H,56,62)(H,57,66)(H,58,65)(H,59,64)(H4,50,51,54)/b23-22-/t33-,37-,38-,39+,40-/m0/s1. The fourth-order valence-electron chi connectivity index (χ4n) is 7.76.